The van der Waals surface area contributed by atoms with E-state index in [0.29, 0.717) is 19.5 Å². The standard InChI is InChI=1S/C19H23N3O3/c1-13(22-9-8-18(23)20-22)19(24)21(2)12-14-4-5-16-11-17(25-3)7-6-15(16)10-14/h4-7,10-11,13H,8-9,12H2,1-3H3,(H,20,23). The van der Waals surface area contributed by atoms with Crippen LogP contribution in [0.1, 0.15) is 18.9 Å². The smallest absolute Gasteiger partial charge is 0.241 e. The van der Waals surface area contributed by atoms with E-state index in [1.165, 1.54) is 0 Å². The Balaban J connectivity index is 1.69. The molecule has 3 rings (SSSR count). The van der Waals surface area contributed by atoms with Gasteiger partial charge in [-0.05, 0) is 41.5 Å². The van der Waals surface area contributed by atoms with Crippen molar-refractivity contribution in [3.05, 3.63) is 42.0 Å². The number of nitrogens with zero attached hydrogens (tertiary/aromatic N) is 2. The number of fused-ring (bicyclic) bond motifs is 1. The second-order valence-corrected chi connectivity index (χ2v) is 6.40. The first-order valence-electron chi connectivity index (χ1n) is 8.35. The van der Waals surface area contributed by atoms with Gasteiger partial charge in [-0.15, -0.1) is 0 Å². The Kier molecular flexibility index (Phi) is 4.90. The second-order valence-electron chi connectivity index (χ2n) is 6.40. The van der Waals surface area contributed by atoms with Crippen LogP contribution in [0.25, 0.3) is 10.8 Å². The molecule has 0 bridgehead atoms. The highest BCUT2D eigenvalue weighted by Crippen LogP contribution is 2.22. The molecule has 0 radical (unpaired) electrons. The molecule has 1 fully saturated rings. The summed E-state index contributed by atoms with van der Waals surface area (Å²) in [6, 6.07) is 11.7. The van der Waals surface area contributed by atoms with Gasteiger partial charge in [-0.25, -0.2) is 5.01 Å². The van der Waals surface area contributed by atoms with Crippen LogP contribution in [0.15, 0.2) is 36.4 Å². The maximum absolute atomic E-state index is 12.6. The van der Waals surface area contributed by atoms with E-state index in [4.69, 9.17) is 4.74 Å². The van der Waals surface area contributed by atoms with Crippen LogP contribution >= 0.6 is 0 Å². The van der Waals surface area contributed by atoms with Crippen molar-refractivity contribution in [2.45, 2.75) is 25.9 Å². The largest absolute Gasteiger partial charge is 0.497 e. The lowest BCUT2D eigenvalue weighted by Gasteiger charge is -2.27. The molecule has 132 valence electrons. The van der Waals surface area contributed by atoms with E-state index in [0.717, 1.165) is 22.1 Å². The third-order valence-corrected chi connectivity index (χ3v) is 4.58. The van der Waals surface area contributed by atoms with Crippen molar-refractivity contribution in [1.82, 2.24) is 15.3 Å². The fourth-order valence-electron chi connectivity index (χ4n) is 3.09. The molecule has 1 N–H and O–H groups in total. The Labute approximate surface area is 147 Å². The lowest BCUT2D eigenvalue weighted by molar-refractivity contribution is -0.136. The maximum atomic E-state index is 12.6. The number of likely N-dealkylation sites (N-methyl/N-ethyl adjacent to an activating group) is 1. The number of hydrazine groups is 1. The zero-order valence-corrected chi connectivity index (χ0v) is 14.8. The number of carbonyl (C=O) groups is 2. The summed E-state index contributed by atoms with van der Waals surface area (Å²) in [6.07, 6.45) is 0.440. The molecule has 1 atom stereocenters. The van der Waals surface area contributed by atoms with Crippen molar-refractivity contribution in [3.63, 3.8) is 0 Å². The van der Waals surface area contributed by atoms with Gasteiger partial charge in [-0.2, -0.15) is 0 Å². The molecule has 25 heavy (non-hydrogen) atoms. The van der Waals surface area contributed by atoms with Crippen LogP contribution in [-0.4, -0.2) is 48.5 Å². The molecule has 1 unspecified atom stereocenters. The van der Waals surface area contributed by atoms with Crippen molar-refractivity contribution in [2.75, 3.05) is 20.7 Å². The molecule has 2 aromatic rings. The van der Waals surface area contributed by atoms with Gasteiger partial charge < -0.3 is 9.64 Å². The molecule has 1 saturated heterocycles. The molecule has 1 heterocycles. The highest BCUT2D eigenvalue weighted by molar-refractivity contribution is 5.85. The lowest BCUT2D eigenvalue weighted by atomic mass is 10.1. The topological polar surface area (TPSA) is 61.9 Å². The predicted molar refractivity (Wildman–Crippen MR) is 95.9 cm³/mol. The van der Waals surface area contributed by atoms with E-state index in [1.807, 2.05) is 37.3 Å². The fraction of sp³-hybridized carbons (Fsp3) is 0.368. The Morgan fingerprint density at radius 2 is 2.00 bits per heavy atom. The minimum absolute atomic E-state index is 0.0166. The number of hydrogen-bond donors (Lipinski definition) is 1. The van der Waals surface area contributed by atoms with E-state index in [2.05, 4.69) is 11.5 Å². The average molecular weight is 341 g/mol. The van der Waals surface area contributed by atoms with Gasteiger partial charge in [0.2, 0.25) is 11.8 Å². The van der Waals surface area contributed by atoms with Gasteiger partial charge in [0.25, 0.3) is 0 Å². The Bertz CT molecular complexity index is 806. The number of benzene rings is 2. The van der Waals surface area contributed by atoms with Gasteiger partial charge in [-0.3, -0.25) is 15.0 Å². The van der Waals surface area contributed by atoms with Crippen LogP contribution in [0, 0.1) is 0 Å². The lowest BCUT2D eigenvalue weighted by Crippen LogP contribution is -2.49. The zero-order chi connectivity index (χ0) is 18.0. The first-order chi connectivity index (χ1) is 12.0. The molecule has 6 heteroatoms. The summed E-state index contributed by atoms with van der Waals surface area (Å²) in [5.41, 5.74) is 3.78. The highest BCUT2D eigenvalue weighted by Gasteiger charge is 2.29. The molecule has 6 nitrogen and oxygen atoms in total. The number of amides is 2. The van der Waals surface area contributed by atoms with E-state index in [9.17, 15) is 9.59 Å². The molecule has 0 saturated carbocycles. The van der Waals surface area contributed by atoms with Crippen molar-refractivity contribution >= 4 is 22.6 Å². The number of methoxy groups -OCH3 is 1. The van der Waals surface area contributed by atoms with Crippen molar-refractivity contribution in [1.29, 1.82) is 0 Å². The Morgan fingerprint density at radius 3 is 2.68 bits per heavy atom. The van der Waals surface area contributed by atoms with E-state index in [-0.39, 0.29) is 17.9 Å². The summed E-state index contributed by atoms with van der Waals surface area (Å²) >= 11 is 0. The van der Waals surface area contributed by atoms with Gasteiger partial charge in [-0.1, -0.05) is 18.2 Å². The SMILES string of the molecule is COc1ccc2cc(CN(C)C(=O)C(C)N3CCC(=O)N3)ccc2c1. The van der Waals surface area contributed by atoms with Crippen LogP contribution in [0.4, 0.5) is 0 Å². The van der Waals surface area contributed by atoms with Gasteiger partial charge >= 0.3 is 0 Å². The summed E-state index contributed by atoms with van der Waals surface area (Å²) in [4.78, 5) is 25.6. The minimum Gasteiger partial charge on any atom is -0.497 e. The van der Waals surface area contributed by atoms with Gasteiger partial charge in [0.15, 0.2) is 0 Å². The van der Waals surface area contributed by atoms with Crippen molar-refractivity contribution in [3.8, 4) is 5.75 Å². The van der Waals surface area contributed by atoms with Crippen LogP contribution in [0.5, 0.6) is 5.75 Å². The van der Waals surface area contributed by atoms with Crippen LogP contribution in [-0.2, 0) is 16.1 Å². The molecular weight excluding hydrogens is 318 g/mol. The average Bonchev–Trinajstić information content (AvgIpc) is 3.06. The minimum atomic E-state index is -0.374. The molecule has 0 aromatic heterocycles. The van der Waals surface area contributed by atoms with Crippen molar-refractivity contribution < 1.29 is 14.3 Å². The number of rotatable bonds is 5. The van der Waals surface area contributed by atoms with Crippen LogP contribution in [0.2, 0.25) is 0 Å². The highest BCUT2D eigenvalue weighted by atomic mass is 16.5. The van der Waals surface area contributed by atoms with E-state index < -0.39 is 0 Å². The molecule has 0 spiro atoms. The van der Waals surface area contributed by atoms with E-state index in [1.54, 1.807) is 24.1 Å². The van der Waals surface area contributed by atoms with Crippen LogP contribution < -0.4 is 10.2 Å². The zero-order valence-electron chi connectivity index (χ0n) is 14.8. The molecule has 0 aliphatic carbocycles. The third-order valence-electron chi connectivity index (χ3n) is 4.58. The van der Waals surface area contributed by atoms with Crippen LogP contribution in [0.3, 0.4) is 0 Å². The predicted octanol–water partition coefficient (Wildman–Crippen LogP) is 1.93. The first kappa shape index (κ1) is 17.2. The number of hydrogen-bond acceptors (Lipinski definition) is 4. The second kappa shape index (κ2) is 7.11. The van der Waals surface area contributed by atoms with Crippen molar-refractivity contribution in [2.24, 2.45) is 0 Å². The maximum Gasteiger partial charge on any atom is 0.241 e. The molecular formula is C19H23N3O3. The molecule has 1 aliphatic rings. The quantitative estimate of drug-likeness (QED) is 0.903. The first-order valence-corrected chi connectivity index (χ1v) is 8.35. The Morgan fingerprint density at radius 1 is 1.28 bits per heavy atom. The van der Waals surface area contributed by atoms with Gasteiger partial charge in [0, 0.05) is 26.6 Å². The van der Waals surface area contributed by atoms with Gasteiger partial charge in [0.1, 0.15) is 11.8 Å². The Hall–Kier alpha value is -2.60. The monoisotopic (exact) mass is 341 g/mol. The molecule has 2 aromatic carbocycles. The summed E-state index contributed by atoms with van der Waals surface area (Å²) in [5, 5.41) is 3.91. The van der Waals surface area contributed by atoms with E-state index >= 15 is 0 Å². The summed E-state index contributed by atoms with van der Waals surface area (Å²) < 4.78 is 5.24. The van der Waals surface area contributed by atoms with Gasteiger partial charge in [0.05, 0.1) is 7.11 Å². The number of carbonyl (C=O) groups excluding carboxylic acids is 2. The summed E-state index contributed by atoms with van der Waals surface area (Å²) in [7, 11) is 3.44. The number of nitrogens with one attached hydrogen (secondary N) is 1. The molecule has 2 amide bonds. The fourth-order valence-corrected chi connectivity index (χ4v) is 3.09. The number of ether oxygens (including phenoxy) is 1. The summed E-state index contributed by atoms with van der Waals surface area (Å²) in [5.74, 6) is 0.776. The summed E-state index contributed by atoms with van der Waals surface area (Å²) in [6.45, 7) is 2.90. The third kappa shape index (κ3) is 3.74. The molecule has 1 aliphatic heterocycles. The normalized spacial score (nSPS) is 15.9.